The summed E-state index contributed by atoms with van der Waals surface area (Å²) in [5, 5.41) is 12.9. The molecule has 11 nitrogen and oxygen atoms in total. The topological polar surface area (TPSA) is 127 Å². The maximum Gasteiger partial charge on any atom is 0.319 e. The fraction of sp³-hybridized carbons (Fsp3) is 0.540. The summed E-state index contributed by atoms with van der Waals surface area (Å²) in [4.78, 5) is 18.9. The average Bonchev–Trinajstić information content (AvgIpc) is 3.83. The van der Waals surface area contributed by atoms with Crippen LogP contribution in [0.3, 0.4) is 0 Å². The number of piperidine rings is 1. The number of benzene rings is 3. The van der Waals surface area contributed by atoms with E-state index in [2.05, 4.69) is 46.4 Å². The number of aromatic nitrogens is 3. The Morgan fingerprint density at radius 1 is 0.938 bits per heavy atom. The van der Waals surface area contributed by atoms with E-state index in [0.717, 1.165) is 43.2 Å². The van der Waals surface area contributed by atoms with Crippen molar-refractivity contribution in [2.75, 3.05) is 37.7 Å². The average molecular weight is 930 g/mol. The van der Waals surface area contributed by atoms with E-state index >= 15 is 8.78 Å². The standard InChI is InChI=1S/C50H65F2N5O6SSi/c1-10-39-42(51)18-15-35-25-37(63-65(31(2)3,32(4)5)33(6)7)26-40(43(35)39)45-44(52)46-41(27-53-45)47(56-23-11-20-49(9,58)29-56)55-48(54-46)61-30-50-21-12-24-57(50)36(19-22-50)28-62-64(59,60)38-16-13-34(8)14-17-38/h13-18,25-27,31-33,36,58H,10-12,19-24,28-30H2,1-9H3/t36-,49+,50-/m0/s1. The van der Waals surface area contributed by atoms with Crippen LogP contribution in [0.15, 0.2) is 59.6 Å². The van der Waals surface area contributed by atoms with Crippen molar-refractivity contribution in [1.29, 1.82) is 0 Å². The molecule has 3 fully saturated rings. The molecule has 1 N–H and O–H groups in total. The molecule has 350 valence electrons. The summed E-state index contributed by atoms with van der Waals surface area (Å²) < 4.78 is 79.2. The number of halogens is 2. The van der Waals surface area contributed by atoms with E-state index in [1.807, 2.05) is 30.9 Å². The van der Waals surface area contributed by atoms with Gasteiger partial charge in [-0.3, -0.25) is 14.1 Å². The first kappa shape index (κ1) is 47.2. The highest BCUT2D eigenvalue weighted by atomic mass is 32.2. The van der Waals surface area contributed by atoms with E-state index in [9.17, 15) is 13.5 Å². The number of rotatable bonds is 15. The minimum absolute atomic E-state index is 0.00388. The van der Waals surface area contributed by atoms with Crippen molar-refractivity contribution in [2.24, 2.45) is 0 Å². The van der Waals surface area contributed by atoms with Crippen LogP contribution in [-0.2, 0) is 20.7 Å². The molecule has 0 bridgehead atoms. The Balaban J connectivity index is 1.19. The van der Waals surface area contributed by atoms with Crippen LogP contribution in [0.2, 0.25) is 16.6 Å². The van der Waals surface area contributed by atoms with E-state index in [-0.39, 0.29) is 70.4 Å². The molecule has 3 aliphatic heterocycles. The largest absolute Gasteiger partial charge is 0.543 e. The number of pyridine rings is 1. The van der Waals surface area contributed by atoms with Gasteiger partial charge in [-0.05, 0) is 129 Å². The van der Waals surface area contributed by atoms with Gasteiger partial charge in [0, 0.05) is 30.9 Å². The summed E-state index contributed by atoms with van der Waals surface area (Å²) in [6.07, 6.45) is 6.45. The predicted octanol–water partition coefficient (Wildman–Crippen LogP) is 10.7. The minimum atomic E-state index is -3.95. The number of aryl methyl sites for hydroxylation is 2. The van der Waals surface area contributed by atoms with E-state index < -0.39 is 35.4 Å². The molecule has 2 aromatic heterocycles. The molecule has 0 saturated carbocycles. The lowest BCUT2D eigenvalue weighted by Crippen LogP contribution is -2.50. The molecular weight excluding hydrogens is 865 g/mol. The summed E-state index contributed by atoms with van der Waals surface area (Å²) in [6, 6.07) is 13.4. The van der Waals surface area contributed by atoms with E-state index in [1.165, 1.54) is 6.07 Å². The third-order valence-corrected chi connectivity index (χ3v) is 21.9. The van der Waals surface area contributed by atoms with Crippen LogP contribution in [0, 0.1) is 18.6 Å². The minimum Gasteiger partial charge on any atom is -0.543 e. The number of hydrogen-bond acceptors (Lipinski definition) is 11. The second-order valence-electron chi connectivity index (χ2n) is 20.0. The van der Waals surface area contributed by atoms with Crippen molar-refractivity contribution in [3.05, 3.63) is 77.5 Å². The lowest BCUT2D eigenvalue weighted by atomic mass is 9.94. The molecule has 8 rings (SSSR count). The molecule has 3 aliphatic rings. The molecular formula is C50H65F2N5O6SSi. The molecule has 0 amide bonds. The number of β-amino-alcohol motifs (C(OH)–C–C–N with tert-alkyl or cyclic N) is 1. The van der Waals surface area contributed by atoms with Gasteiger partial charge < -0.3 is 19.2 Å². The normalized spacial score (nSPS) is 22.0. The number of ether oxygens (including phenoxy) is 1. The van der Waals surface area contributed by atoms with Crippen molar-refractivity contribution in [3.63, 3.8) is 0 Å². The summed E-state index contributed by atoms with van der Waals surface area (Å²) in [6.45, 7) is 20.7. The van der Waals surface area contributed by atoms with Gasteiger partial charge in [0.25, 0.3) is 18.4 Å². The van der Waals surface area contributed by atoms with Gasteiger partial charge in [-0.25, -0.2) is 8.78 Å². The lowest BCUT2D eigenvalue weighted by Gasteiger charge is -2.42. The number of anilines is 1. The molecule has 0 unspecified atom stereocenters. The van der Waals surface area contributed by atoms with Crippen LogP contribution in [-0.4, -0.2) is 91.7 Å². The highest BCUT2D eigenvalue weighted by molar-refractivity contribution is 7.86. The number of fused-ring (bicyclic) bond motifs is 3. The van der Waals surface area contributed by atoms with Gasteiger partial charge in [0.05, 0.1) is 28.0 Å². The zero-order chi connectivity index (χ0) is 46.6. The molecule has 0 aliphatic carbocycles. The number of hydrogen-bond donors (Lipinski definition) is 1. The molecule has 5 aromatic rings. The number of nitrogens with zero attached hydrogens (tertiary/aromatic N) is 5. The maximum absolute atomic E-state index is 17.8. The molecule has 3 saturated heterocycles. The van der Waals surface area contributed by atoms with Gasteiger partial charge in [0.1, 0.15) is 35.2 Å². The summed E-state index contributed by atoms with van der Waals surface area (Å²) in [7, 11) is -6.41. The second kappa shape index (κ2) is 18.1. The van der Waals surface area contributed by atoms with Crippen molar-refractivity contribution in [2.45, 2.75) is 146 Å². The van der Waals surface area contributed by atoms with E-state index in [4.69, 9.17) is 28.3 Å². The van der Waals surface area contributed by atoms with Crippen molar-refractivity contribution in [3.8, 4) is 23.0 Å². The first-order valence-electron chi connectivity index (χ1n) is 23.4. The Bertz CT molecular complexity index is 2660. The van der Waals surface area contributed by atoms with Gasteiger partial charge >= 0.3 is 6.01 Å². The van der Waals surface area contributed by atoms with E-state index in [0.29, 0.717) is 59.3 Å². The van der Waals surface area contributed by atoms with Gasteiger partial charge in [0.2, 0.25) is 0 Å². The van der Waals surface area contributed by atoms with Crippen LogP contribution in [0.25, 0.3) is 32.9 Å². The molecule has 3 aromatic carbocycles. The SMILES string of the molecule is CCc1c(F)ccc2cc(O[Si](C(C)C)(C(C)C)C(C)C)cc(-c3ncc4c(N5CCC[C@@](C)(O)C5)nc(OC[C@@]56CCCN5[C@H](COS(=O)(=O)c5ccc(C)cc5)CC6)nc4c3F)c12. The molecule has 15 heteroatoms. The van der Waals surface area contributed by atoms with Crippen LogP contribution < -0.4 is 14.1 Å². The molecule has 0 radical (unpaired) electrons. The van der Waals surface area contributed by atoms with Crippen molar-refractivity contribution in [1.82, 2.24) is 19.9 Å². The summed E-state index contributed by atoms with van der Waals surface area (Å²) in [5.74, 6) is -0.0657. The molecule has 5 heterocycles. The smallest absolute Gasteiger partial charge is 0.319 e. The third kappa shape index (κ3) is 8.87. The first-order chi connectivity index (χ1) is 30.8. The molecule has 0 spiro atoms. The first-order valence-corrected chi connectivity index (χ1v) is 27.0. The van der Waals surface area contributed by atoms with Gasteiger partial charge in [-0.1, -0.05) is 72.2 Å². The van der Waals surface area contributed by atoms with Crippen LogP contribution >= 0.6 is 0 Å². The monoisotopic (exact) mass is 929 g/mol. The van der Waals surface area contributed by atoms with Crippen molar-refractivity contribution < 1.29 is 35.7 Å². The Kier molecular flexibility index (Phi) is 13.1. The quantitative estimate of drug-likeness (QED) is 0.0796. The van der Waals surface area contributed by atoms with Gasteiger partial charge in [-0.2, -0.15) is 18.4 Å². The second-order valence-corrected chi connectivity index (χ2v) is 26.9. The number of aliphatic hydroxyl groups is 1. The van der Waals surface area contributed by atoms with Crippen LogP contribution in [0.4, 0.5) is 14.6 Å². The summed E-state index contributed by atoms with van der Waals surface area (Å²) in [5.41, 5.74) is 1.27. The van der Waals surface area contributed by atoms with Crippen LogP contribution in [0.1, 0.15) is 105 Å². The highest BCUT2D eigenvalue weighted by Gasteiger charge is 2.51. The van der Waals surface area contributed by atoms with Gasteiger partial charge in [-0.15, -0.1) is 0 Å². The summed E-state index contributed by atoms with van der Waals surface area (Å²) >= 11 is 0. The maximum atomic E-state index is 17.8. The Morgan fingerprint density at radius 3 is 2.32 bits per heavy atom. The van der Waals surface area contributed by atoms with Gasteiger partial charge in [0.15, 0.2) is 5.82 Å². The van der Waals surface area contributed by atoms with Crippen molar-refractivity contribution >= 4 is 45.9 Å². The van der Waals surface area contributed by atoms with Crippen LogP contribution in [0.5, 0.6) is 11.8 Å². The van der Waals surface area contributed by atoms with E-state index in [1.54, 1.807) is 43.5 Å². The zero-order valence-corrected chi connectivity index (χ0v) is 41.2. The zero-order valence-electron chi connectivity index (χ0n) is 39.4. The third-order valence-electron chi connectivity index (χ3n) is 14.6. The molecule has 3 atom stereocenters. The predicted molar refractivity (Wildman–Crippen MR) is 255 cm³/mol. The Labute approximate surface area is 384 Å². The molecule has 65 heavy (non-hydrogen) atoms. The fourth-order valence-electron chi connectivity index (χ4n) is 11.5. The lowest BCUT2D eigenvalue weighted by molar-refractivity contribution is 0.0446. The fourth-order valence-corrected chi connectivity index (χ4v) is 17.7. The Hall–Kier alpha value is -4.28. The Morgan fingerprint density at radius 2 is 1.65 bits per heavy atom. The highest BCUT2D eigenvalue weighted by Crippen LogP contribution is 2.47.